The van der Waals surface area contributed by atoms with E-state index in [1.54, 1.807) is 6.20 Å². The summed E-state index contributed by atoms with van der Waals surface area (Å²) in [5.41, 5.74) is 13.9. The van der Waals surface area contributed by atoms with Gasteiger partial charge in [-0.15, -0.1) is 0 Å². The number of ether oxygens (including phenoxy) is 1. The lowest BCUT2D eigenvalue weighted by atomic mass is 9.84. The largest absolute Gasteiger partial charge is 0.490 e. The number of carboxylic acid groups (broad SMARTS) is 1. The number of hydrogen-bond donors (Lipinski definition) is 3. The standard InChI is InChI=1S/C27H32N4O3/c1-17-6-7-19(22(14-26(32)33)21-8-9-23(29-3)27(28)18(21)2)13-20(17)15-31-11-12-34-25-5-4-10-30-24(25)16-31/h4-10,13,22,29H,11-12,14-16,28H2,1-3H3,(H,32,33)/t22-/m1/s1. The minimum Gasteiger partial charge on any atom is -0.490 e. The molecule has 0 radical (unpaired) electrons. The first kappa shape index (κ1) is 23.6. The highest BCUT2D eigenvalue weighted by Crippen LogP contribution is 2.36. The number of hydrogen-bond acceptors (Lipinski definition) is 6. The van der Waals surface area contributed by atoms with Gasteiger partial charge < -0.3 is 20.9 Å². The molecular formula is C27H32N4O3. The quantitative estimate of drug-likeness (QED) is 0.451. The third kappa shape index (κ3) is 4.99. The van der Waals surface area contributed by atoms with Gasteiger partial charge in [0.2, 0.25) is 0 Å². The van der Waals surface area contributed by atoms with Crippen LogP contribution in [0.15, 0.2) is 48.7 Å². The van der Waals surface area contributed by atoms with E-state index >= 15 is 0 Å². The molecule has 34 heavy (non-hydrogen) atoms. The van der Waals surface area contributed by atoms with E-state index in [1.807, 2.05) is 44.3 Å². The van der Waals surface area contributed by atoms with Gasteiger partial charge in [0.05, 0.1) is 23.5 Å². The first-order chi connectivity index (χ1) is 16.4. The molecule has 0 saturated heterocycles. The molecule has 4 rings (SSSR count). The van der Waals surface area contributed by atoms with E-state index in [0.717, 1.165) is 46.9 Å². The lowest BCUT2D eigenvalue weighted by molar-refractivity contribution is -0.137. The summed E-state index contributed by atoms with van der Waals surface area (Å²) in [6.07, 6.45) is 1.79. The van der Waals surface area contributed by atoms with Gasteiger partial charge in [-0.3, -0.25) is 14.7 Å². The zero-order chi connectivity index (χ0) is 24.2. The summed E-state index contributed by atoms with van der Waals surface area (Å²) < 4.78 is 5.87. The fraction of sp³-hybridized carbons (Fsp3) is 0.333. The Kier molecular flexibility index (Phi) is 7.03. The van der Waals surface area contributed by atoms with Crippen molar-refractivity contribution in [3.05, 3.63) is 82.2 Å². The Morgan fingerprint density at radius 1 is 1.26 bits per heavy atom. The summed E-state index contributed by atoms with van der Waals surface area (Å²) in [6, 6.07) is 14.0. The molecule has 1 aliphatic heterocycles. The molecule has 7 nitrogen and oxygen atoms in total. The van der Waals surface area contributed by atoms with Crippen LogP contribution < -0.4 is 15.8 Å². The van der Waals surface area contributed by atoms with Gasteiger partial charge in [0.1, 0.15) is 12.4 Å². The summed E-state index contributed by atoms with van der Waals surface area (Å²) in [5.74, 6) is -0.287. The number of carboxylic acids is 1. The van der Waals surface area contributed by atoms with Crippen LogP contribution in [0.5, 0.6) is 5.75 Å². The monoisotopic (exact) mass is 460 g/mol. The Bertz CT molecular complexity index is 1190. The van der Waals surface area contributed by atoms with Crippen LogP contribution in [0.4, 0.5) is 11.4 Å². The number of aryl methyl sites for hydroxylation is 1. The SMILES string of the molecule is CNc1ccc([C@H](CC(=O)O)c2ccc(C)c(CN3CCOc4cccnc4C3)c2)c(C)c1N. The molecule has 3 aromatic rings. The molecular weight excluding hydrogens is 428 g/mol. The molecule has 0 saturated carbocycles. The predicted molar refractivity (Wildman–Crippen MR) is 134 cm³/mol. The lowest BCUT2D eigenvalue weighted by Gasteiger charge is -2.24. The molecule has 0 amide bonds. The van der Waals surface area contributed by atoms with Crippen LogP contribution in [0.1, 0.15) is 45.8 Å². The number of nitrogen functional groups attached to an aromatic ring is 1. The van der Waals surface area contributed by atoms with Crippen molar-refractivity contribution in [2.75, 3.05) is 31.2 Å². The summed E-state index contributed by atoms with van der Waals surface area (Å²) >= 11 is 0. The van der Waals surface area contributed by atoms with E-state index in [2.05, 4.69) is 34.3 Å². The normalized spacial score (nSPS) is 14.6. The van der Waals surface area contributed by atoms with E-state index in [4.69, 9.17) is 10.5 Å². The molecule has 1 aromatic heterocycles. The second kappa shape index (κ2) is 10.1. The number of pyridine rings is 1. The van der Waals surface area contributed by atoms with Crippen molar-refractivity contribution in [1.29, 1.82) is 0 Å². The Hall–Kier alpha value is -3.58. The fourth-order valence-electron chi connectivity index (χ4n) is 4.63. The van der Waals surface area contributed by atoms with Crippen molar-refractivity contribution in [3.63, 3.8) is 0 Å². The average Bonchev–Trinajstić information content (AvgIpc) is 3.02. The topological polar surface area (TPSA) is 101 Å². The van der Waals surface area contributed by atoms with Gasteiger partial charge in [-0.25, -0.2) is 0 Å². The third-order valence-electron chi connectivity index (χ3n) is 6.64. The van der Waals surface area contributed by atoms with Crippen molar-refractivity contribution in [2.24, 2.45) is 0 Å². The number of aromatic nitrogens is 1. The number of rotatable bonds is 7. The van der Waals surface area contributed by atoms with Crippen LogP contribution in [0.25, 0.3) is 0 Å². The number of anilines is 2. The average molecular weight is 461 g/mol. The molecule has 2 aromatic carbocycles. The summed E-state index contributed by atoms with van der Waals surface area (Å²) in [6.45, 7) is 6.89. The number of nitrogens with one attached hydrogen (secondary N) is 1. The van der Waals surface area contributed by atoms with E-state index in [-0.39, 0.29) is 12.3 Å². The summed E-state index contributed by atoms with van der Waals surface area (Å²) in [4.78, 5) is 18.6. The molecule has 178 valence electrons. The molecule has 2 heterocycles. The van der Waals surface area contributed by atoms with Gasteiger partial charge in [-0.1, -0.05) is 24.3 Å². The maximum atomic E-state index is 11.8. The predicted octanol–water partition coefficient (Wildman–Crippen LogP) is 4.32. The molecule has 0 spiro atoms. The maximum absolute atomic E-state index is 11.8. The van der Waals surface area contributed by atoms with Crippen molar-refractivity contribution in [1.82, 2.24) is 9.88 Å². The smallest absolute Gasteiger partial charge is 0.304 e. The molecule has 0 bridgehead atoms. The highest BCUT2D eigenvalue weighted by Gasteiger charge is 2.23. The van der Waals surface area contributed by atoms with Crippen molar-refractivity contribution >= 4 is 17.3 Å². The number of fused-ring (bicyclic) bond motifs is 1. The van der Waals surface area contributed by atoms with Crippen molar-refractivity contribution in [3.8, 4) is 5.75 Å². The van der Waals surface area contributed by atoms with Crippen LogP contribution in [0.3, 0.4) is 0 Å². The Morgan fingerprint density at radius 2 is 2.09 bits per heavy atom. The van der Waals surface area contributed by atoms with E-state index in [9.17, 15) is 9.90 Å². The molecule has 0 unspecified atom stereocenters. The number of aliphatic carboxylic acids is 1. The molecule has 1 aliphatic rings. The van der Waals surface area contributed by atoms with Crippen LogP contribution in [0.2, 0.25) is 0 Å². The Morgan fingerprint density at radius 3 is 2.85 bits per heavy atom. The van der Waals surface area contributed by atoms with Crippen LogP contribution >= 0.6 is 0 Å². The molecule has 0 aliphatic carbocycles. The highest BCUT2D eigenvalue weighted by atomic mass is 16.5. The second-order valence-corrected chi connectivity index (χ2v) is 8.83. The maximum Gasteiger partial charge on any atom is 0.304 e. The summed E-state index contributed by atoms with van der Waals surface area (Å²) in [7, 11) is 1.83. The second-order valence-electron chi connectivity index (χ2n) is 8.83. The summed E-state index contributed by atoms with van der Waals surface area (Å²) in [5, 5.41) is 12.8. The first-order valence-electron chi connectivity index (χ1n) is 11.5. The zero-order valence-electron chi connectivity index (χ0n) is 20.0. The van der Waals surface area contributed by atoms with Gasteiger partial charge in [0, 0.05) is 38.8 Å². The zero-order valence-corrected chi connectivity index (χ0v) is 20.0. The van der Waals surface area contributed by atoms with E-state index in [0.29, 0.717) is 18.8 Å². The molecule has 7 heteroatoms. The number of carbonyl (C=O) groups is 1. The number of benzene rings is 2. The van der Waals surface area contributed by atoms with E-state index < -0.39 is 5.97 Å². The Balaban J connectivity index is 1.66. The molecule has 0 fully saturated rings. The van der Waals surface area contributed by atoms with Crippen molar-refractivity contribution in [2.45, 2.75) is 39.3 Å². The molecule has 4 N–H and O–H groups in total. The Labute approximate surface area is 200 Å². The van der Waals surface area contributed by atoms with Gasteiger partial charge >= 0.3 is 5.97 Å². The van der Waals surface area contributed by atoms with Gasteiger partial charge in [-0.2, -0.15) is 0 Å². The van der Waals surface area contributed by atoms with Crippen LogP contribution in [-0.4, -0.2) is 41.2 Å². The van der Waals surface area contributed by atoms with Crippen LogP contribution in [0, 0.1) is 13.8 Å². The van der Waals surface area contributed by atoms with Crippen LogP contribution in [-0.2, 0) is 17.9 Å². The minimum atomic E-state index is -0.838. The number of nitrogens with two attached hydrogens (primary N) is 1. The van der Waals surface area contributed by atoms with Crippen molar-refractivity contribution < 1.29 is 14.6 Å². The lowest BCUT2D eigenvalue weighted by Crippen LogP contribution is -2.26. The number of nitrogens with zero attached hydrogens (tertiary/aromatic N) is 2. The van der Waals surface area contributed by atoms with Gasteiger partial charge in [-0.05, 0) is 59.9 Å². The molecule has 1 atom stereocenters. The fourth-order valence-corrected chi connectivity index (χ4v) is 4.63. The highest BCUT2D eigenvalue weighted by molar-refractivity contribution is 5.74. The third-order valence-corrected chi connectivity index (χ3v) is 6.64. The van der Waals surface area contributed by atoms with E-state index in [1.165, 1.54) is 11.1 Å². The van der Waals surface area contributed by atoms with Gasteiger partial charge in [0.15, 0.2) is 0 Å². The first-order valence-corrected chi connectivity index (χ1v) is 11.5. The van der Waals surface area contributed by atoms with Gasteiger partial charge in [0.25, 0.3) is 0 Å². The minimum absolute atomic E-state index is 0.00344.